The number of ether oxygens (including phenoxy) is 1. The zero-order valence-electron chi connectivity index (χ0n) is 30.0. The van der Waals surface area contributed by atoms with Crippen molar-refractivity contribution in [1.82, 2.24) is 29.7 Å². The first-order valence-corrected chi connectivity index (χ1v) is 18.9. The average Bonchev–Trinajstić information content (AvgIpc) is 4.06. The van der Waals surface area contributed by atoms with E-state index in [0.29, 0.717) is 23.7 Å². The lowest BCUT2D eigenvalue weighted by Gasteiger charge is -2.26. The number of aromatic amines is 2. The number of nitrogens with zero attached hydrogens (tertiary/aromatic N) is 5. The van der Waals surface area contributed by atoms with Crippen LogP contribution in [-0.4, -0.2) is 80.9 Å². The standard InChI is InChI=1S/C41H42ClN7O5/c1-52-54-25-45-37(30-7-2-3-8-31(30)42)41(51)49-21-5-10-35(49)39-44-24-33(47-39)29-18-14-27(15-19-29)26-12-16-28(17-13-26)32-23-43-38(46-32)34-9-4-20-48(34)40(50)36-11-6-22-53-36/h2-3,7-8,12-19,23-25,34-37H,4-6,9-11,20-22H2,1H3,(H,43,46)(H,44,47)/t34-,35-,36+,37+/m0/s1. The van der Waals surface area contributed by atoms with Gasteiger partial charge in [0.2, 0.25) is 6.40 Å². The van der Waals surface area contributed by atoms with Gasteiger partial charge in [0.05, 0.1) is 43.0 Å². The minimum absolute atomic E-state index is 0.0492. The van der Waals surface area contributed by atoms with Crippen LogP contribution in [0.3, 0.4) is 0 Å². The summed E-state index contributed by atoms with van der Waals surface area (Å²) in [4.78, 5) is 61.1. The van der Waals surface area contributed by atoms with Crippen LogP contribution in [0.2, 0.25) is 5.02 Å². The van der Waals surface area contributed by atoms with E-state index >= 15 is 0 Å². The van der Waals surface area contributed by atoms with E-state index in [2.05, 4.69) is 68.4 Å². The van der Waals surface area contributed by atoms with Crippen molar-refractivity contribution < 1.29 is 24.1 Å². The van der Waals surface area contributed by atoms with E-state index in [9.17, 15) is 9.59 Å². The molecular formula is C41H42ClN7O5. The van der Waals surface area contributed by atoms with Crippen LogP contribution >= 0.6 is 11.6 Å². The van der Waals surface area contributed by atoms with E-state index in [4.69, 9.17) is 31.2 Å². The number of carbonyl (C=O) groups is 2. The summed E-state index contributed by atoms with van der Waals surface area (Å²) in [6.45, 7) is 1.97. The predicted octanol–water partition coefficient (Wildman–Crippen LogP) is 7.64. The molecule has 0 radical (unpaired) electrons. The molecular weight excluding hydrogens is 706 g/mol. The molecule has 3 aromatic carbocycles. The van der Waals surface area contributed by atoms with Crippen LogP contribution in [0.4, 0.5) is 0 Å². The van der Waals surface area contributed by atoms with Gasteiger partial charge in [-0.25, -0.2) is 15.0 Å². The van der Waals surface area contributed by atoms with Gasteiger partial charge in [-0.2, -0.15) is 4.89 Å². The first kappa shape index (κ1) is 35.7. The number of nitrogens with one attached hydrogen (secondary N) is 2. The van der Waals surface area contributed by atoms with Crippen molar-refractivity contribution in [2.24, 2.45) is 4.99 Å². The molecule has 0 aliphatic carbocycles. The van der Waals surface area contributed by atoms with Gasteiger partial charge < -0.3 is 29.4 Å². The van der Waals surface area contributed by atoms with Crippen molar-refractivity contribution in [2.45, 2.75) is 62.8 Å². The normalized spacial score (nSPS) is 20.6. The van der Waals surface area contributed by atoms with Crippen molar-refractivity contribution in [1.29, 1.82) is 0 Å². The number of hydrogen-bond acceptors (Lipinski definition) is 8. The lowest BCUT2D eigenvalue weighted by Crippen LogP contribution is -2.38. The molecule has 0 spiro atoms. The van der Waals surface area contributed by atoms with E-state index in [1.165, 1.54) is 7.11 Å². The second-order valence-corrected chi connectivity index (χ2v) is 14.2. The molecule has 2 aromatic heterocycles. The minimum Gasteiger partial charge on any atom is -0.368 e. The van der Waals surface area contributed by atoms with Crippen LogP contribution in [0.25, 0.3) is 33.6 Å². The maximum Gasteiger partial charge on any atom is 0.252 e. The summed E-state index contributed by atoms with van der Waals surface area (Å²) in [5.74, 6) is 1.45. The molecule has 0 bridgehead atoms. The van der Waals surface area contributed by atoms with Crippen molar-refractivity contribution >= 4 is 29.8 Å². The Morgan fingerprint density at radius 2 is 1.39 bits per heavy atom. The lowest BCUT2D eigenvalue weighted by atomic mass is 10.0. The number of H-pyrrole nitrogens is 2. The van der Waals surface area contributed by atoms with E-state index < -0.39 is 6.04 Å². The van der Waals surface area contributed by atoms with Crippen molar-refractivity contribution in [3.05, 3.63) is 107 Å². The van der Waals surface area contributed by atoms with Crippen LogP contribution < -0.4 is 0 Å². The predicted molar refractivity (Wildman–Crippen MR) is 204 cm³/mol. The number of imidazole rings is 2. The molecule has 13 heteroatoms. The van der Waals surface area contributed by atoms with Crippen LogP contribution in [0.1, 0.15) is 73.9 Å². The van der Waals surface area contributed by atoms with Crippen LogP contribution in [0, 0.1) is 0 Å². The number of aromatic nitrogens is 4. The Bertz CT molecular complexity index is 2110. The van der Waals surface area contributed by atoms with E-state index in [1.807, 2.05) is 34.3 Å². The Hall–Kier alpha value is -5.30. The molecule has 12 nitrogen and oxygen atoms in total. The molecule has 8 rings (SSSR count). The fourth-order valence-corrected chi connectivity index (χ4v) is 8.08. The molecule has 54 heavy (non-hydrogen) atoms. The summed E-state index contributed by atoms with van der Waals surface area (Å²) in [5.41, 5.74) is 6.58. The fourth-order valence-electron chi connectivity index (χ4n) is 7.84. The summed E-state index contributed by atoms with van der Waals surface area (Å²) in [6, 6.07) is 22.7. The molecule has 0 saturated carbocycles. The van der Waals surface area contributed by atoms with Gasteiger partial charge >= 0.3 is 0 Å². The molecule has 3 aliphatic heterocycles. The first-order valence-electron chi connectivity index (χ1n) is 18.5. The highest BCUT2D eigenvalue weighted by Crippen LogP contribution is 2.37. The van der Waals surface area contributed by atoms with Gasteiger partial charge in [0, 0.05) is 30.3 Å². The Kier molecular flexibility index (Phi) is 10.6. The largest absolute Gasteiger partial charge is 0.368 e. The Labute approximate surface area is 318 Å². The zero-order valence-corrected chi connectivity index (χ0v) is 30.7. The van der Waals surface area contributed by atoms with Crippen molar-refractivity contribution in [3.8, 4) is 33.6 Å². The molecule has 278 valence electrons. The monoisotopic (exact) mass is 747 g/mol. The second kappa shape index (κ2) is 16.0. The lowest BCUT2D eigenvalue weighted by molar-refractivity contribution is -0.188. The Morgan fingerprint density at radius 3 is 1.96 bits per heavy atom. The third kappa shape index (κ3) is 7.29. The average molecular weight is 748 g/mol. The third-order valence-electron chi connectivity index (χ3n) is 10.6. The zero-order chi connectivity index (χ0) is 37.0. The number of aliphatic imine (C=N–C) groups is 1. The van der Waals surface area contributed by atoms with Gasteiger partial charge in [-0.05, 0) is 66.8 Å². The Morgan fingerprint density at radius 1 is 0.815 bits per heavy atom. The van der Waals surface area contributed by atoms with Crippen LogP contribution in [0.5, 0.6) is 0 Å². The minimum atomic E-state index is -0.890. The number of carbonyl (C=O) groups excluding carboxylic acids is 2. The van der Waals surface area contributed by atoms with Gasteiger partial charge in [0.15, 0.2) is 6.04 Å². The first-order chi connectivity index (χ1) is 26.5. The maximum atomic E-state index is 14.0. The number of rotatable bonds is 11. The van der Waals surface area contributed by atoms with Crippen LogP contribution in [0.15, 0.2) is 90.2 Å². The van der Waals surface area contributed by atoms with Gasteiger partial charge in [0.25, 0.3) is 11.8 Å². The second-order valence-electron chi connectivity index (χ2n) is 13.8. The molecule has 2 amide bonds. The molecule has 5 aromatic rings. The summed E-state index contributed by atoms with van der Waals surface area (Å²) in [6.07, 6.45) is 9.68. The van der Waals surface area contributed by atoms with Crippen molar-refractivity contribution in [2.75, 3.05) is 26.8 Å². The van der Waals surface area contributed by atoms with Gasteiger partial charge in [-0.1, -0.05) is 78.3 Å². The molecule has 3 fully saturated rings. The van der Waals surface area contributed by atoms with Gasteiger partial charge in [0.1, 0.15) is 17.8 Å². The number of amides is 2. The molecule has 0 unspecified atom stereocenters. The number of benzene rings is 3. The van der Waals surface area contributed by atoms with Crippen molar-refractivity contribution in [3.63, 3.8) is 0 Å². The summed E-state index contributed by atoms with van der Waals surface area (Å²) in [5, 5.41) is 0.448. The SMILES string of the molecule is COOC=N[C@@H](C(=O)N1CCC[C@H]1c1ncc(-c2ccc(-c3ccc(-c4cnc([C@@H]5CCCN5C(=O)[C@H]5CCCO5)[nH]4)cc3)cc2)[nH]1)c1ccccc1Cl. The summed E-state index contributed by atoms with van der Waals surface area (Å²) < 4.78 is 5.68. The van der Waals surface area contributed by atoms with Crippen LogP contribution in [-0.2, 0) is 24.1 Å². The maximum absolute atomic E-state index is 14.0. The Balaban J connectivity index is 0.933. The van der Waals surface area contributed by atoms with E-state index in [0.717, 1.165) is 96.8 Å². The number of halogens is 1. The van der Waals surface area contributed by atoms with Gasteiger partial charge in [-0.3, -0.25) is 9.59 Å². The summed E-state index contributed by atoms with van der Waals surface area (Å²) >= 11 is 6.49. The molecule has 4 atom stereocenters. The third-order valence-corrected chi connectivity index (χ3v) is 11.0. The van der Waals surface area contributed by atoms with E-state index in [1.54, 1.807) is 12.1 Å². The quantitative estimate of drug-likeness (QED) is 0.0613. The highest BCUT2D eigenvalue weighted by molar-refractivity contribution is 6.31. The molecule has 3 aliphatic rings. The molecule has 3 saturated heterocycles. The molecule has 2 N–H and O–H groups in total. The highest BCUT2D eigenvalue weighted by Gasteiger charge is 2.38. The highest BCUT2D eigenvalue weighted by atomic mass is 35.5. The topological polar surface area (TPSA) is 138 Å². The number of hydrogen-bond donors (Lipinski definition) is 2. The van der Waals surface area contributed by atoms with Gasteiger partial charge in [-0.15, -0.1) is 0 Å². The van der Waals surface area contributed by atoms with E-state index in [-0.39, 0.29) is 30.0 Å². The smallest absolute Gasteiger partial charge is 0.252 e. The molecule has 5 heterocycles. The number of likely N-dealkylation sites (tertiary alicyclic amines) is 2. The fraction of sp³-hybridized carbons (Fsp3) is 0.341. The summed E-state index contributed by atoms with van der Waals surface area (Å²) in [7, 11) is 1.37.